The number of aromatic nitrogens is 4. The summed E-state index contributed by atoms with van der Waals surface area (Å²) >= 11 is 4.42. The summed E-state index contributed by atoms with van der Waals surface area (Å²) < 4.78 is 12.1. The number of anilines is 2. The highest BCUT2D eigenvalue weighted by Gasteiger charge is 2.04. The quantitative estimate of drug-likeness (QED) is 0.752. The maximum absolute atomic E-state index is 4.16. The molecule has 17 heavy (non-hydrogen) atoms. The van der Waals surface area contributed by atoms with Crippen LogP contribution in [-0.2, 0) is 5.75 Å². The van der Waals surface area contributed by atoms with Gasteiger partial charge in [0.05, 0.1) is 17.4 Å². The van der Waals surface area contributed by atoms with E-state index in [4.69, 9.17) is 0 Å². The Hall–Kier alpha value is -0.930. The van der Waals surface area contributed by atoms with Gasteiger partial charge in [0.15, 0.2) is 11.6 Å². The molecule has 0 bridgehead atoms. The van der Waals surface area contributed by atoms with Crippen molar-refractivity contribution in [2.75, 3.05) is 30.0 Å². The van der Waals surface area contributed by atoms with Crippen molar-refractivity contribution in [3.8, 4) is 0 Å². The summed E-state index contributed by atoms with van der Waals surface area (Å²) in [5.41, 5.74) is 1.05. The Morgan fingerprint density at radius 2 is 2.24 bits per heavy atom. The van der Waals surface area contributed by atoms with Crippen LogP contribution in [-0.4, -0.2) is 37.7 Å². The maximum Gasteiger partial charge on any atom is 0.184 e. The van der Waals surface area contributed by atoms with Crippen molar-refractivity contribution in [1.29, 1.82) is 0 Å². The number of hydrogen-bond donors (Lipinski definition) is 2. The van der Waals surface area contributed by atoms with Crippen LogP contribution >= 0.6 is 35.0 Å². The summed E-state index contributed by atoms with van der Waals surface area (Å²) in [6.45, 7) is 0.863. The van der Waals surface area contributed by atoms with E-state index in [9.17, 15) is 0 Å². The van der Waals surface area contributed by atoms with Crippen LogP contribution in [0.3, 0.4) is 0 Å². The van der Waals surface area contributed by atoms with Gasteiger partial charge in [-0.3, -0.25) is 0 Å². The molecule has 0 saturated carbocycles. The minimum absolute atomic E-state index is 0.809. The van der Waals surface area contributed by atoms with E-state index in [1.807, 2.05) is 24.2 Å². The normalized spacial score (nSPS) is 10.4. The van der Waals surface area contributed by atoms with E-state index in [1.165, 1.54) is 23.3 Å². The first-order valence-electron chi connectivity index (χ1n) is 4.98. The lowest BCUT2D eigenvalue weighted by Crippen LogP contribution is -2.06. The molecule has 9 heteroatoms. The van der Waals surface area contributed by atoms with Crippen LogP contribution in [0.2, 0.25) is 0 Å². The second-order valence-corrected chi connectivity index (χ2v) is 5.33. The van der Waals surface area contributed by atoms with Gasteiger partial charge in [-0.2, -0.15) is 20.5 Å². The van der Waals surface area contributed by atoms with E-state index in [0.717, 1.165) is 35.4 Å². The van der Waals surface area contributed by atoms with E-state index >= 15 is 0 Å². The molecule has 2 aromatic heterocycles. The van der Waals surface area contributed by atoms with E-state index in [2.05, 4.69) is 29.0 Å². The van der Waals surface area contributed by atoms with E-state index < -0.39 is 0 Å². The number of hydrogen-bond acceptors (Lipinski definition) is 9. The fourth-order valence-electron chi connectivity index (χ4n) is 1.13. The van der Waals surface area contributed by atoms with Crippen molar-refractivity contribution >= 4 is 46.7 Å². The SMILES string of the molecule is CNc1nsnc1NCCSCc1csnn1. The predicted molar refractivity (Wildman–Crippen MR) is 74.0 cm³/mol. The van der Waals surface area contributed by atoms with E-state index in [1.54, 1.807) is 0 Å². The van der Waals surface area contributed by atoms with Gasteiger partial charge in [0.25, 0.3) is 0 Å². The van der Waals surface area contributed by atoms with Gasteiger partial charge >= 0.3 is 0 Å². The van der Waals surface area contributed by atoms with Crippen molar-refractivity contribution < 1.29 is 0 Å². The first-order chi connectivity index (χ1) is 8.40. The molecule has 0 atom stereocenters. The number of thioether (sulfide) groups is 1. The molecule has 2 heterocycles. The van der Waals surface area contributed by atoms with Gasteiger partial charge in [-0.05, 0) is 11.5 Å². The molecule has 0 aliphatic carbocycles. The van der Waals surface area contributed by atoms with Crippen LogP contribution in [0.1, 0.15) is 5.69 Å². The minimum atomic E-state index is 0.809. The Morgan fingerprint density at radius 3 is 3.00 bits per heavy atom. The zero-order valence-electron chi connectivity index (χ0n) is 9.21. The minimum Gasteiger partial charge on any atom is -0.369 e. The van der Waals surface area contributed by atoms with Gasteiger partial charge in [0.1, 0.15) is 0 Å². The molecule has 2 rings (SSSR count). The summed E-state index contributed by atoms with van der Waals surface area (Å²) in [6.07, 6.45) is 0. The largest absolute Gasteiger partial charge is 0.369 e. The first-order valence-corrected chi connectivity index (χ1v) is 7.70. The number of nitrogens with zero attached hydrogens (tertiary/aromatic N) is 4. The Balaban J connectivity index is 1.63. The summed E-state index contributed by atoms with van der Waals surface area (Å²) in [5, 5.41) is 12.2. The van der Waals surface area contributed by atoms with Crippen molar-refractivity contribution in [2.24, 2.45) is 0 Å². The fourth-order valence-corrected chi connectivity index (χ4v) is 2.96. The van der Waals surface area contributed by atoms with Crippen LogP contribution < -0.4 is 10.6 Å². The average molecular weight is 288 g/mol. The average Bonchev–Trinajstić information content (AvgIpc) is 2.98. The molecule has 0 fully saturated rings. The maximum atomic E-state index is 4.16. The summed E-state index contributed by atoms with van der Waals surface area (Å²) in [4.78, 5) is 0. The van der Waals surface area contributed by atoms with E-state index in [-0.39, 0.29) is 0 Å². The molecule has 0 aliphatic rings. The summed E-state index contributed by atoms with van der Waals surface area (Å²) in [6, 6.07) is 0. The Labute approximate surface area is 112 Å². The van der Waals surface area contributed by atoms with Crippen molar-refractivity contribution in [1.82, 2.24) is 18.3 Å². The zero-order chi connectivity index (χ0) is 11.9. The highest BCUT2D eigenvalue weighted by molar-refractivity contribution is 7.98. The molecule has 0 spiro atoms. The molecule has 0 aromatic carbocycles. The highest BCUT2D eigenvalue weighted by atomic mass is 32.2. The molecule has 92 valence electrons. The molecule has 2 N–H and O–H groups in total. The lowest BCUT2D eigenvalue weighted by molar-refractivity contribution is 1.07. The van der Waals surface area contributed by atoms with E-state index in [0.29, 0.717) is 0 Å². The van der Waals surface area contributed by atoms with Gasteiger partial charge in [-0.25, -0.2) is 0 Å². The highest BCUT2D eigenvalue weighted by Crippen LogP contribution is 2.17. The molecule has 0 aliphatic heterocycles. The van der Waals surface area contributed by atoms with Gasteiger partial charge in [0.2, 0.25) is 0 Å². The van der Waals surface area contributed by atoms with Crippen molar-refractivity contribution in [3.63, 3.8) is 0 Å². The summed E-state index contributed by atoms with van der Waals surface area (Å²) in [5.74, 6) is 3.54. The molecule has 0 saturated heterocycles. The third-order valence-corrected chi connectivity index (χ3v) is 3.99. The number of rotatable bonds is 7. The smallest absolute Gasteiger partial charge is 0.184 e. The van der Waals surface area contributed by atoms with Crippen LogP contribution in [0.15, 0.2) is 5.38 Å². The Bertz CT molecular complexity index is 428. The Kier molecular flexibility index (Phi) is 4.95. The molecule has 0 amide bonds. The molecule has 0 radical (unpaired) electrons. The molecule has 0 unspecified atom stereocenters. The molecular formula is C8H12N6S3. The lowest BCUT2D eigenvalue weighted by Gasteiger charge is -2.03. The van der Waals surface area contributed by atoms with Crippen molar-refractivity contribution in [3.05, 3.63) is 11.1 Å². The topological polar surface area (TPSA) is 75.6 Å². The fraction of sp³-hybridized carbons (Fsp3) is 0.500. The van der Waals surface area contributed by atoms with Crippen LogP contribution in [0.5, 0.6) is 0 Å². The van der Waals surface area contributed by atoms with Gasteiger partial charge in [0, 0.05) is 30.5 Å². The zero-order valence-corrected chi connectivity index (χ0v) is 11.7. The van der Waals surface area contributed by atoms with Gasteiger partial charge in [-0.1, -0.05) is 4.49 Å². The standard InChI is InChI=1S/C8H12N6S3/c1-9-7-8(13-17-12-7)10-2-3-15-4-6-5-16-14-11-6/h5H,2-4H2,1H3,(H,9,12)(H,10,13). The predicted octanol–water partition coefficient (Wildman–Crippen LogP) is 1.78. The molecular weight excluding hydrogens is 276 g/mol. The lowest BCUT2D eigenvalue weighted by atomic mass is 10.6. The first kappa shape index (κ1) is 12.5. The second kappa shape index (κ2) is 6.72. The number of nitrogens with one attached hydrogen (secondary N) is 2. The third-order valence-electron chi connectivity index (χ3n) is 1.92. The van der Waals surface area contributed by atoms with Crippen LogP contribution in [0, 0.1) is 0 Å². The van der Waals surface area contributed by atoms with Gasteiger partial charge < -0.3 is 10.6 Å². The summed E-state index contributed by atoms with van der Waals surface area (Å²) in [7, 11) is 1.84. The van der Waals surface area contributed by atoms with Crippen LogP contribution in [0.25, 0.3) is 0 Å². The molecule has 6 nitrogen and oxygen atoms in total. The van der Waals surface area contributed by atoms with Gasteiger partial charge in [-0.15, -0.1) is 5.10 Å². The second-order valence-electron chi connectivity index (χ2n) is 3.09. The Morgan fingerprint density at radius 1 is 1.35 bits per heavy atom. The molecule has 2 aromatic rings. The monoisotopic (exact) mass is 288 g/mol. The third kappa shape index (κ3) is 3.79. The van der Waals surface area contributed by atoms with Crippen molar-refractivity contribution in [2.45, 2.75) is 5.75 Å². The van der Waals surface area contributed by atoms with Crippen LogP contribution in [0.4, 0.5) is 11.6 Å².